The first-order valence-corrected chi connectivity index (χ1v) is 9.60. The molecule has 0 saturated carbocycles. The van der Waals surface area contributed by atoms with Crippen molar-refractivity contribution in [3.8, 4) is 17.1 Å². The third-order valence-electron chi connectivity index (χ3n) is 5.43. The topological polar surface area (TPSA) is 42.7 Å². The van der Waals surface area contributed by atoms with Crippen molar-refractivity contribution in [1.82, 2.24) is 4.90 Å². The van der Waals surface area contributed by atoms with E-state index >= 15 is 0 Å². The molecule has 0 aliphatic carbocycles. The molecule has 1 aliphatic rings. The average molecular weight is 400 g/mol. The van der Waals surface area contributed by atoms with Crippen molar-refractivity contribution in [2.24, 2.45) is 0 Å². The summed E-state index contributed by atoms with van der Waals surface area (Å²) in [6.07, 6.45) is 3.71. The van der Waals surface area contributed by atoms with E-state index in [0.29, 0.717) is 22.3 Å². The zero-order chi connectivity index (χ0) is 18.8. The van der Waals surface area contributed by atoms with E-state index in [1.165, 1.54) is 19.3 Å². The monoisotopic (exact) mass is 399 g/mol. The molecule has 5 heteroatoms. The largest absolute Gasteiger partial charge is 0.496 e. The number of methoxy groups -OCH3 is 1. The first-order valence-electron chi connectivity index (χ1n) is 9.60. The van der Waals surface area contributed by atoms with Crippen LogP contribution in [0, 0.1) is 6.92 Å². The number of ether oxygens (including phenoxy) is 1. The first-order chi connectivity index (χ1) is 13.2. The van der Waals surface area contributed by atoms with Crippen LogP contribution in [-0.2, 0) is 6.54 Å². The molecule has 0 spiro atoms. The lowest BCUT2D eigenvalue weighted by molar-refractivity contribution is 0.218. The number of halogens is 1. The highest BCUT2D eigenvalue weighted by Gasteiger charge is 2.20. The Morgan fingerprint density at radius 3 is 2.43 bits per heavy atom. The maximum Gasteiger partial charge on any atom is 0.196 e. The van der Waals surface area contributed by atoms with Crippen LogP contribution in [0.15, 0.2) is 51.7 Å². The molecule has 4 nitrogen and oxygen atoms in total. The van der Waals surface area contributed by atoms with Gasteiger partial charge in [-0.05, 0) is 45.0 Å². The summed E-state index contributed by atoms with van der Waals surface area (Å²) in [5, 5.41) is 0.625. The number of rotatable bonds is 4. The fourth-order valence-electron chi connectivity index (χ4n) is 3.94. The molecule has 148 valence electrons. The van der Waals surface area contributed by atoms with Gasteiger partial charge in [0.25, 0.3) is 0 Å². The minimum atomic E-state index is 0. The van der Waals surface area contributed by atoms with Crippen molar-refractivity contribution in [2.75, 3.05) is 20.2 Å². The minimum Gasteiger partial charge on any atom is -0.496 e. The average Bonchev–Trinajstić information content (AvgIpc) is 2.72. The second-order valence-corrected chi connectivity index (χ2v) is 7.21. The van der Waals surface area contributed by atoms with Gasteiger partial charge in [0, 0.05) is 17.7 Å². The SMILES string of the molecule is COc1ccc2c(=O)c(C)c(-c3ccccc3)oc2c1CN1CCCCC1.Cl. The van der Waals surface area contributed by atoms with Crippen LogP contribution in [0.3, 0.4) is 0 Å². The van der Waals surface area contributed by atoms with Gasteiger partial charge in [-0.15, -0.1) is 12.4 Å². The number of piperidine rings is 1. The van der Waals surface area contributed by atoms with E-state index in [2.05, 4.69) is 4.90 Å². The third-order valence-corrected chi connectivity index (χ3v) is 5.43. The lowest BCUT2D eigenvalue weighted by Gasteiger charge is -2.27. The van der Waals surface area contributed by atoms with Gasteiger partial charge >= 0.3 is 0 Å². The standard InChI is InChI=1S/C23H25NO3.ClH/c1-16-21(25)18-11-12-20(26-2)19(15-24-13-7-4-8-14-24)23(18)27-22(16)17-9-5-3-6-10-17;/h3,5-6,9-12H,4,7-8,13-15H2,1-2H3;1H. The van der Waals surface area contributed by atoms with Gasteiger partial charge in [0.05, 0.1) is 18.1 Å². The van der Waals surface area contributed by atoms with Crippen molar-refractivity contribution in [3.63, 3.8) is 0 Å². The molecule has 0 atom stereocenters. The van der Waals surface area contributed by atoms with Gasteiger partial charge in [0.15, 0.2) is 5.43 Å². The summed E-state index contributed by atoms with van der Waals surface area (Å²) in [5.74, 6) is 1.42. The Hall–Kier alpha value is -2.30. The Morgan fingerprint density at radius 2 is 1.75 bits per heavy atom. The molecule has 2 heterocycles. The van der Waals surface area contributed by atoms with E-state index in [1.54, 1.807) is 7.11 Å². The molecule has 1 aliphatic heterocycles. The maximum atomic E-state index is 13.1. The van der Waals surface area contributed by atoms with Crippen LogP contribution < -0.4 is 10.2 Å². The highest BCUT2D eigenvalue weighted by Crippen LogP contribution is 2.33. The smallest absolute Gasteiger partial charge is 0.196 e. The number of likely N-dealkylation sites (tertiary alicyclic amines) is 1. The van der Waals surface area contributed by atoms with E-state index in [4.69, 9.17) is 9.15 Å². The van der Waals surface area contributed by atoms with Crippen LogP contribution in [-0.4, -0.2) is 25.1 Å². The summed E-state index contributed by atoms with van der Waals surface area (Å²) in [6.45, 7) is 4.71. The molecule has 28 heavy (non-hydrogen) atoms. The van der Waals surface area contributed by atoms with Crippen LogP contribution in [0.25, 0.3) is 22.3 Å². The lowest BCUT2D eigenvalue weighted by atomic mass is 10.0. The highest BCUT2D eigenvalue weighted by atomic mass is 35.5. The molecule has 1 fully saturated rings. The molecule has 4 rings (SSSR count). The number of benzene rings is 2. The Bertz CT molecular complexity index is 1010. The summed E-state index contributed by atoms with van der Waals surface area (Å²) in [7, 11) is 1.67. The molecule has 2 aromatic carbocycles. The fraction of sp³-hybridized carbons (Fsp3) is 0.348. The molecular formula is C23H26ClNO3. The number of nitrogens with zero attached hydrogens (tertiary/aromatic N) is 1. The van der Waals surface area contributed by atoms with E-state index in [9.17, 15) is 4.79 Å². The quantitative estimate of drug-likeness (QED) is 0.605. The third kappa shape index (κ3) is 3.80. The zero-order valence-corrected chi connectivity index (χ0v) is 17.2. The highest BCUT2D eigenvalue weighted by molar-refractivity contribution is 5.85. The zero-order valence-electron chi connectivity index (χ0n) is 16.4. The van der Waals surface area contributed by atoms with Gasteiger partial charge in [-0.25, -0.2) is 0 Å². The molecule has 0 radical (unpaired) electrons. The Kier molecular flexibility index (Phi) is 6.42. The van der Waals surface area contributed by atoms with Gasteiger partial charge in [-0.3, -0.25) is 9.69 Å². The summed E-state index contributed by atoms with van der Waals surface area (Å²) >= 11 is 0. The van der Waals surface area contributed by atoms with E-state index < -0.39 is 0 Å². The van der Waals surface area contributed by atoms with Crippen LogP contribution in [0.5, 0.6) is 5.75 Å². The second-order valence-electron chi connectivity index (χ2n) is 7.21. The molecule has 1 saturated heterocycles. The molecule has 0 N–H and O–H groups in total. The van der Waals surface area contributed by atoms with Gasteiger partial charge < -0.3 is 9.15 Å². The Morgan fingerprint density at radius 1 is 1.04 bits per heavy atom. The second kappa shape index (κ2) is 8.80. The van der Waals surface area contributed by atoms with Crippen molar-refractivity contribution >= 4 is 23.4 Å². The maximum absolute atomic E-state index is 13.1. The molecular weight excluding hydrogens is 374 g/mol. The summed E-state index contributed by atoms with van der Waals surface area (Å²) < 4.78 is 12.0. The van der Waals surface area contributed by atoms with Crippen molar-refractivity contribution in [2.45, 2.75) is 32.7 Å². The van der Waals surface area contributed by atoms with Gasteiger partial charge in [0.1, 0.15) is 17.1 Å². The van der Waals surface area contributed by atoms with E-state index in [1.807, 2.05) is 49.4 Å². The number of fused-ring (bicyclic) bond motifs is 1. The summed E-state index contributed by atoms with van der Waals surface area (Å²) in [6, 6.07) is 13.5. The molecule has 0 amide bonds. The molecule has 0 bridgehead atoms. The van der Waals surface area contributed by atoms with Crippen LogP contribution in [0.1, 0.15) is 30.4 Å². The van der Waals surface area contributed by atoms with Crippen molar-refractivity contribution in [1.29, 1.82) is 0 Å². The predicted molar refractivity (Wildman–Crippen MR) is 116 cm³/mol. The van der Waals surface area contributed by atoms with E-state index in [-0.39, 0.29) is 17.8 Å². The van der Waals surface area contributed by atoms with Gasteiger partial charge in [-0.2, -0.15) is 0 Å². The molecule has 3 aromatic rings. The molecule has 1 aromatic heterocycles. The minimum absolute atomic E-state index is 0. The summed E-state index contributed by atoms with van der Waals surface area (Å²) in [4.78, 5) is 15.5. The Labute approximate surface area is 171 Å². The van der Waals surface area contributed by atoms with Crippen LogP contribution in [0.4, 0.5) is 0 Å². The summed E-state index contributed by atoms with van der Waals surface area (Å²) in [5.41, 5.74) is 3.20. The Balaban J connectivity index is 0.00000225. The van der Waals surface area contributed by atoms with Gasteiger partial charge in [0.2, 0.25) is 0 Å². The predicted octanol–water partition coefficient (Wildman–Crippen LogP) is 5.18. The fourth-order valence-corrected chi connectivity index (χ4v) is 3.94. The van der Waals surface area contributed by atoms with Gasteiger partial charge in [-0.1, -0.05) is 36.8 Å². The normalized spacial score (nSPS) is 14.6. The van der Waals surface area contributed by atoms with E-state index in [0.717, 1.165) is 36.5 Å². The lowest BCUT2D eigenvalue weighted by Crippen LogP contribution is -2.29. The van der Waals surface area contributed by atoms with Crippen LogP contribution >= 0.6 is 12.4 Å². The number of hydrogen-bond donors (Lipinski definition) is 0. The van der Waals surface area contributed by atoms with Crippen molar-refractivity contribution in [3.05, 3.63) is 63.8 Å². The van der Waals surface area contributed by atoms with Crippen molar-refractivity contribution < 1.29 is 9.15 Å². The first kappa shape index (κ1) is 20.4. The number of hydrogen-bond acceptors (Lipinski definition) is 4. The van der Waals surface area contributed by atoms with Crippen LogP contribution in [0.2, 0.25) is 0 Å². The molecule has 0 unspecified atom stereocenters.